The van der Waals surface area contributed by atoms with Gasteiger partial charge in [0.25, 0.3) is 0 Å². The average Bonchev–Trinajstić information content (AvgIpc) is 2.32. The van der Waals surface area contributed by atoms with Crippen LogP contribution in [0.15, 0.2) is 23.1 Å². The Bertz CT molecular complexity index is 517. The Morgan fingerprint density at radius 1 is 1.22 bits per heavy atom. The van der Waals surface area contributed by atoms with Crippen LogP contribution in [0.25, 0.3) is 0 Å². The maximum atomic E-state index is 12.3. The second kappa shape index (κ2) is 6.24. The first kappa shape index (κ1) is 15.8. The molecule has 2 unspecified atom stereocenters. The van der Waals surface area contributed by atoms with Crippen LogP contribution in [0.5, 0.6) is 0 Å². The smallest absolute Gasteiger partial charge is 0.181 e. The van der Waals surface area contributed by atoms with Crippen molar-refractivity contribution in [2.75, 3.05) is 7.05 Å². The van der Waals surface area contributed by atoms with E-state index in [4.69, 9.17) is 23.2 Å². The monoisotopic (exact) mass is 309 g/mol. The molecule has 0 amide bonds. The summed E-state index contributed by atoms with van der Waals surface area (Å²) >= 11 is 11.6. The second-order valence-corrected chi connectivity index (χ2v) is 7.54. The summed E-state index contributed by atoms with van der Waals surface area (Å²) < 4.78 is 24.6. The van der Waals surface area contributed by atoms with Crippen molar-refractivity contribution in [3.63, 3.8) is 0 Å². The van der Waals surface area contributed by atoms with Crippen molar-refractivity contribution in [2.45, 2.75) is 36.5 Å². The summed E-state index contributed by atoms with van der Waals surface area (Å²) in [5, 5.41) is 3.16. The molecule has 0 heterocycles. The van der Waals surface area contributed by atoms with Crippen LogP contribution in [0, 0.1) is 0 Å². The minimum atomic E-state index is -3.37. The van der Waals surface area contributed by atoms with Gasteiger partial charge in [-0.05, 0) is 45.5 Å². The summed E-state index contributed by atoms with van der Waals surface area (Å²) in [5.74, 6) is 0. The van der Waals surface area contributed by atoms with Gasteiger partial charge in [0.1, 0.15) is 0 Å². The predicted molar refractivity (Wildman–Crippen MR) is 76.2 cm³/mol. The molecular formula is C12H17Cl2NO2S. The van der Waals surface area contributed by atoms with Gasteiger partial charge >= 0.3 is 0 Å². The standard InChI is InChI=1S/C12H17Cl2NO2S/c1-8(15-3)6-9(2)18(16,17)10-4-5-11(13)12(14)7-10/h4-5,7-9,15H,6H2,1-3H3. The molecule has 1 aromatic carbocycles. The van der Waals surface area contributed by atoms with Crippen LogP contribution in [-0.2, 0) is 9.84 Å². The molecule has 0 saturated heterocycles. The molecule has 6 heteroatoms. The van der Waals surface area contributed by atoms with Crippen molar-refractivity contribution in [1.82, 2.24) is 5.32 Å². The molecule has 0 radical (unpaired) electrons. The van der Waals surface area contributed by atoms with Crippen molar-refractivity contribution >= 4 is 33.0 Å². The Balaban J connectivity index is 3.02. The van der Waals surface area contributed by atoms with Gasteiger partial charge < -0.3 is 5.32 Å². The van der Waals surface area contributed by atoms with Gasteiger partial charge in [0, 0.05) is 6.04 Å². The molecule has 1 aromatic rings. The molecule has 0 aromatic heterocycles. The van der Waals surface area contributed by atoms with E-state index in [9.17, 15) is 8.42 Å². The van der Waals surface area contributed by atoms with Gasteiger partial charge in [-0.25, -0.2) is 8.42 Å². The molecule has 2 atom stereocenters. The van der Waals surface area contributed by atoms with Crippen LogP contribution in [0.3, 0.4) is 0 Å². The molecule has 0 aliphatic carbocycles. The quantitative estimate of drug-likeness (QED) is 0.909. The van der Waals surface area contributed by atoms with E-state index in [1.165, 1.54) is 18.2 Å². The number of sulfone groups is 1. The van der Waals surface area contributed by atoms with Gasteiger partial charge in [-0.3, -0.25) is 0 Å². The van der Waals surface area contributed by atoms with Gasteiger partial charge in [-0.1, -0.05) is 23.2 Å². The summed E-state index contributed by atoms with van der Waals surface area (Å²) in [5.41, 5.74) is 0. The Morgan fingerprint density at radius 3 is 2.33 bits per heavy atom. The lowest BCUT2D eigenvalue weighted by Crippen LogP contribution is -2.29. The van der Waals surface area contributed by atoms with Crippen molar-refractivity contribution in [3.05, 3.63) is 28.2 Å². The molecule has 102 valence electrons. The van der Waals surface area contributed by atoms with Gasteiger partial charge in [0.15, 0.2) is 9.84 Å². The summed E-state index contributed by atoms with van der Waals surface area (Å²) in [6.45, 7) is 3.65. The van der Waals surface area contributed by atoms with E-state index in [-0.39, 0.29) is 16.0 Å². The first-order valence-electron chi connectivity index (χ1n) is 5.65. The highest BCUT2D eigenvalue weighted by Gasteiger charge is 2.25. The van der Waals surface area contributed by atoms with Crippen molar-refractivity contribution in [1.29, 1.82) is 0 Å². The van der Waals surface area contributed by atoms with E-state index < -0.39 is 15.1 Å². The topological polar surface area (TPSA) is 46.2 Å². The average molecular weight is 310 g/mol. The Hall–Kier alpha value is -0.290. The molecular weight excluding hydrogens is 293 g/mol. The van der Waals surface area contributed by atoms with E-state index >= 15 is 0 Å². The fraction of sp³-hybridized carbons (Fsp3) is 0.500. The normalized spacial score (nSPS) is 15.4. The molecule has 0 saturated carbocycles. The number of halogens is 2. The second-order valence-electron chi connectivity index (χ2n) is 4.36. The lowest BCUT2D eigenvalue weighted by molar-refractivity contribution is 0.530. The number of hydrogen-bond donors (Lipinski definition) is 1. The molecule has 0 aliphatic rings. The van der Waals surface area contributed by atoms with E-state index in [0.29, 0.717) is 11.4 Å². The number of rotatable bonds is 5. The van der Waals surface area contributed by atoms with Crippen LogP contribution >= 0.6 is 23.2 Å². The number of benzene rings is 1. The van der Waals surface area contributed by atoms with E-state index in [0.717, 1.165) is 0 Å². The molecule has 0 aliphatic heterocycles. The summed E-state index contributed by atoms with van der Waals surface area (Å²) in [6.07, 6.45) is 0.541. The zero-order valence-electron chi connectivity index (χ0n) is 10.6. The molecule has 18 heavy (non-hydrogen) atoms. The lowest BCUT2D eigenvalue weighted by Gasteiger charge is -2.17. The van der Waals surface area contributed by atoms with Crippen LogP contribution in [0.2, 0.25) is 10.0 Å². The van der Waals surface area contributed by atoms with Gasteiger partial charge in [0.05, 0.1) is 20.2 Å². The Morgan fingerprint density at radius 2 is 1.83 bits per heavy atom. The minimum absolute atomic E-state index is 0.137. The fourth-order valence-electron chi connectivity index (χ4n) is 1.63. The minimum Gasteiger partial charge on any atom is -0.317 e. The molecule has 0 fully saturated rings. The number of hydrogen-bond acceptors (Lipinski definition) is 3. The third-order valence-electron chi connectivity index (χ3n) is 2.93. The van der Waals surface area contributed by atoms with Crippen molar-refractivity contribution in [3.8, 4) is 0 Å². The van der Waals surface area contributed by atoms with E-state index in [1.54, 1.807) is 6.92 Å². The maximum Gasteiger partial charge on any atom is 0.181 e. The van der Waals surface area contributed by atoms with Gasteiger partial charge in [-0.2, -0.15) is 0 Å². The highest BCUT2D eigenvalue weighted by atomic mass is 35.5. The summed E-state index contributed by atoms with van der Waals surface area (Å²) in [6, 6.07) is 4.53. The van der Waals surface area contributed by atoms with E-state index in [2.05, 4.69) is 5.32 Å². The largest absolute Gasteiger partial charge is 0.317 e. The van der Waals surface area contributed by atoms with Crippen molar-refractivity contribution < 1.29 is 8.42 Å². The molecule has 1 N–H and O–H groups in total. The number of nitrogens with one attached hydrogen (secondary N) is 1. The zero-order valence-corrected chi connectivity index (χ0v) is 12.9. The van der Waals surface area contributed by atoms with Crippen LogP contribution < -0.4 is 5.32 Å². The predicted octanol–water partition coefficient (Wildman–Crippen LogP) is 3.15. The lowest BCUT2D eigenvalue weighted by atomic mass is 10.2. The first-order valence-corrected chi connectivity index (χ1v) is 7.95. The first-order chi connectivity index (χ1) is 8.28. The molecule has 0 bridgehead atoms. The van der Waals surface area contributed by atoms with Crippen LogP contribution in [0.1, 0.15) is 20.3 Å². The summed E-state index contributed by atoms with van der Waals surface area (Å²) in [7, 11) is -1.56. The van der Waals surface area contributed by atoms with Gasteiger partial charge in [-0.15, -0.1) is 0 Å². The summed E-state index contributed by atoms with van der Waals surface area (Å²) in [4.78, 5) is 0.215. The highest BCUT2D eigenvalue weighted by molar-refractivity contribution is 7.92. The molecule has 3 nitrogen and oxygen atoms in total. The maximum absolute atomic E-state index is 12.3. The Labute approximate surface area is 118 Å². The third-order valence-corrected chi connectivity index (χ3v) is 5.83. The third kappa shape index (κ3) is 3.60. The van der Waals surface area contributed by atoms with Crippen LogP contribution in [-0.4, -0.2) is 26.8 Å². The molecule has 1 rings (SSSR count). The van der Waals surface area contributed by atoms with Crippen LogP contribution in [0.4, 0.5) is 0 Å². The SMILES string of the molecule is CNC(C)CC(C)S(=O)(=O)c1ccc(Cl)c(Cl)c1. The van der Waals surface area contributed by atoms with E-state index in [1.807, 2.05) is 14.0 Å². The van der Waals surface area contributed by atoms with Crippen molar-refractivity contribution in [2.24, 2.45) is 0 Å². The molecule has 0 spiro atoms. The fourth-order valence-corrected chi connectivity index (χ4v) is 3.54. The zero-order chi connectivity index (χ0) is 13.9. The van der Waals surface area contributed by atoms with Gasteiger partial charge in [0.2, 0.25) is 0 Å². The highest BCUT2D eigenvalue weighted by Crippen LogP contribution is 2.27. The Kier molecular flexibility index (Phi) is 5.46.